The molecule has 0 bridgehead atoms. The van der Waals surface area contributed by atoms with Gasteiger partial charge in [0, 0.05) is 6.20 Å². The van der Waals surface area contributed by atoms with E-state index in [-0.39, 0.29) is 5.54 Å². The standard InChI is InChI=1S/C9H13N3/c1-7-5-12-8(6-11-7)9(10)3-2-4-9/h5-6H,2-4,10H2,1H3. The lowest BCUT2D eigenvalue weighted by molar-refractivity contribution is 0.245. The van der Waals surface area contributed by atoms with Crippen LogP contribution < -0.4 is 5.73 Å². The van der Waals surface area contributed by atoms with Gasteiger partial charge in [-0.1, -0.05) is 0 Å². The van der Waals surface area contributed by atoms with Gasteiger partial charge in [-0.3, -0.25) is 9.97 Å². The molecule has 0 radical (unpaired) electrons. The Hall–Kier alpha value is -0.960. The topological polar surface area (TPSA) is 51.8 Å². The SMILES string of the molecule is Cc1cnc(C2(N)CCC2)cn1. The number of hydrogen-bond donors (Lipinski definition) is 1. The van der Waals surface area contributed by atoms with E-state index in [0.29, 0.717) is 0 Å². The van der Waals surface area contributed by atoms with Crippen molar-refractivity contribution in [3.05, 3.63) is 23.8 Å². The zero-order valence-corrected chi connectivity index (χ0v) is 7.25. The molecule has 64 valence electrons. The van der Waals surface area contributed by atoms with Crippen LogP contribution in [0.15, 0.2) is 12.4 Å². The molecular weight excluding hydrogens is 150 g/mol. The van der Waals surface area contributed by atoms with Gasteiger partial charge in [0.1, 0.15) is 0 Å². The second-order valence-electron chi connectivity index (χ2n) is 3.55. The minimum atomic E-state index is -0.166. The van der Waals surface area contributed by atoms with Crippen molar-refractivity contribution in [1.29, 1.82) is 0 Å². The van der Waals surface area contributed by atoms with Gasteiger partial charge in [0.15, 0.2) is 0 Å². The van der Waals surface area contributed by atoms with Gasteiger partial charge in [0.05, 0.1) is 23.1 Å². The highest BCUT2D eigenvalue weighted by Gasteiger charge is 2.35. The van der Waals surface area contributed by atoms with Gasteiger partial charge in [0.2, 0.25) is 0 Å². The Balaban J connectivity index is 2.28. The van der Waals surface area contributed by atoms with Crippen LogP contribution in [-0.2, 0) is 5.54 Å². The quantitative estimate of drug-likeness (QED) is 0.675. The molecule has 2 N–H and O–H groups in total. The predicted molar refractivity (Wildman–Crippen MR) is 46.5 cm³/mol. The molecule has 12 heavy (non-hydrogen) atoms. The molecule has 1 aromatic heterocycles. The highest BCUT2D eigenvalue weighted by molar-refractivity contribution is 5.15. The Morgan fingerprint density at radius 2 is 2.08 bits per heavy atom. The van der Waals surface area contributed by atoms with Crippen LogP contribution in [-0.4, -0.2) is 9.97 Å². The molecule has 2 rings (SSSR count). The third-order valence-electron chi connectivity index (χ3n) is 2.54. The molecule has 1 aromatic rings. The fourth-order valence-corrected chi connectivity index (χ4v) is 1.46. The average Bonchev–Trinajstić information content (AvgIpc) is 2.02. The Morgan fingerprint density at radius 1 is 1.33 bits per heavy atom. The fraction of sp³-hybridized carbons (Fsp3) is 0.556. The second-order valence-corrected chi connectivity index (χ2v) is 3.55. The van der Waals surface area contributed by atoms with E-state index >= 15 is 0 Å². The van der Waals surface area contributed by atoms with Crippen LogP contribution in [0.25, 0.3) is 0 Å². The first-order chi connectivity index (χ1) is 5.71. The Labute approximate surface area is 72.0 Å². The van der Waals surface area contributed by atoms with E-state index in [1.165, 1.54) is 6.42 Å². The van der Waals surface area contributed by atoms with E-state index in [1.807, 2.05) is 6.92 Å². The number of nitrogens with two attached hydrogens (primary N) is 1. The van der Waals surface area contributed by atoms with E-state index in [0.717, 1.165) is 24.2 Å². The molecule has 1 aliphatic rings. The normalized spacial score (nSPS) is 20.2. The van der Waals surface area contributed by atoms with Crippen LogP contribution in [0.5, 0.6) is 0 Å². The van der Waals surface area contributed by atoms with Crippen molar-refractivity contribution in [2.75, 3.05) is 0 Å². The lowest BCUT2D eigenvalue weighted by Crippen LogP contribution is -2.44. The van der Waals surface area contributed by atoms with Crippen molar-refractivity contribution < 1.29 is 0 Å². The average molecular weight is 163 g/mol. The third-order valence-corrected chi connectivity index (χ3v) is 2.54. The lowest BCUT2D eigenvalue weighted by Gasteiger charge is -2.37. The van der Waals surface area contributed by atoms with Gasteiger partial charge in [-0.2, -0.15) is 0 Å². The number of aromatic nitrogens is 2. The van der Waals surface area contributed by atoms with Crippen LogP contribution in [0.4, 0.5) is 0 Å². The summed E-state index contributed by atoms with van der Waals surface area (Å²) in [5.41, 5.74) is 7.80. The largest absolute Gasteiger partial charge is 0.320 e. The summed E-state index contributed by atoms with van der Waals surface area (Å²) in [7, 11) is 0. The smallest absolute Gasteiger partial charge is 0.0785 e. The molecular formula is C9H13N3. The van der Waals surface area contributed by atoms with E-state index < -0.39 is 0 Å². The summed E-state index contributed by atoms with van der Waals surface area (Å²) in [6.07, 6.45) is 6.89. The van der Waals surface area contributed by atoms with Crippen LogP contribution in [0.1, 0.15) is 30.7 Å². The molecule has 3 nitrogen and oxygen atoms in total. The molecule has 1 heterocycles. The van der Waals surface area contributed by atoms with Crippen molar-refractivity contribution in [3.63, 3.8) is 0 Å². The predicted octanol–water partition coefficient (Wildman–Crippen LogP) is 1.12. The zero-order chi connectivity index (χ0) is 8.60. The van der Waals surface area contributed by atoms with Crippen LogP contribution in [0.3, 0.4) is 0 Å². The molecule has 0 unspecified atom stereocenters. The summed E-state index contributed by atoms with van der Waals surface area (Å²) in [6.45, 7) is 1.93. The van der Waals surface area contributed by atoms with Crippen molar-refractivity contribution >= 4 is 0 Å². The van der Waals surface area contributed by atoms with Gasteiger partial charge >= 0.3 is 0 Å². The van der Waals surface area contributed by atoms with Gasteiger partial charge < -0.3 is 5.73 Å². The molecule has 0 saturated heterocycles. The summed E-state index contributed by atoms with van der Waals surface area (Å²) in [4.78, 5) is 8.47. The summed E-state index contributed by atoms with van der Waals surface area (Å²) < 4.78 is 0. The van der Waals surface area contributed by atoms with E-state index in [4.69, 9.17) is 5.73 Å². The van der Waals surface area contributed by atoms with E-state index in [1.54, 1.807) is 12.4 Å². The maximum Gasteiger partial charge on any atom is 0.0785 e. The van der Waals surface area contributed by atoms with Gasteiger partial charge in [0.25, 0.3) is 0 Å². The van der Waals surface area contributed by atoms with Gasteiger partial charge in [-0.15, -0.1) is 0 Å². The van der Waals surface area contributed by atoms with E-state index in [2.05, 4.69) is 9.97 Å². The first-order valence-corrected chi connectivity index (χ1v) is 4.29. The number of rotatable bonds is 1. The molecule has 0 aromatic carbocycles. The molecule has 0 amide bonds. The summed E-state index contributed by atoms with van der Waals surface area (Å²) in [5.74, 6) is 0. The number of nitrogens with zero attached hydrogens (tertiary/aromatic N) is 2. The lowest BCUT2D eigenvalue weighted by atomic mass is 9.75. The maximum absolute atomic E-state index is 6.07. The summed E-state index contributed by atoms with van der Waals surface area (Å²) in [5, 5.41) is 0. The van der Waals surface area contributed by atoms with Gasteiger partial charge in [-0.25, -0.2) is 0 Å². The minimum absolute atomic E-state index is 0.166. The monoisotopic (exact) mass is 163 g/mol. The molecule has 1 saturated carbocycles. The van der Waals surface area contributed by atoms with Crippen LogP contribution in [0.2, 0.25) is 0 Å². The zero-order valence-electron chi connectivity index (χ0n) is 7.25. The molecule has 0 spiro atoms. The second kappa shape index (κ2) is 2.52. The Bertz CT molecular complexity index is 274. The van der Waals surface area contributed by atoms with Crippen LogP contribution in [0, 0.1) is 6.92 Å². The van der Waals surface area contributed by atoms with Crippen LogP contribution >= 0.6 is 0 Å². The van der Waals surface area contributed by atoms with Crippen molar-refractivity contribution in [2.24, 2.45) is 5.73 Å². The first-order valence-electron chi connectivity index (χ1n) is 4.29. The third kappa shape index (κ3) is 1.10. The molecule has 3 heteroatoms. The van der Waals surface area contributed by atoms with Gasteiger partial charge in [-0.05, 0) is 26.2 Å². The summed E-state index contributed by atoms with van der Waals surface area (Å²) >= 11 is 0. The molecule has 1 aliphatic carbocycles. The highest BCUT2D eigenvalue weighted by atomic mass is 14.9. The fourth-order valence-electron chi connectivity index (χ4n) is 1.46. The molecule has 1 fully saturated rings. The Kier molecular flexibility index (Phi) is 1.61. The summed E-state index contributed by atoms with van der Waals surface area (Å²) in [6, 6.07) is 0. The minimum Gasteiger partial charge on any atom is -0.320 e. The maximum atomic E-state index is 6.07. The number of hydrogen-bond acceptors (Lipinski definition) is 3. The van der Waals surface area contributed by atoms with Crippen molar-refractivity contribution in [1.82, 2.24) is 9.97 Å². The Morgan fingerprint density at radius 3 is 2.50 bits per heavy atom. The van der Waals surface area contributed by atoms with Crippen molar-refractivity contribution in [2.45, 2.75) is 31.7 Å². The van der Waals surface area contributed by atoms with E-state index in [9.17, 15) is 0 Å². The van der Waals surface area contributed by atoms with Crippen molar-refractivity contribution in [3.8, 4) is 0 Å². The number of aryl methyl sites for hydroxylation is 1. The molecule has 0 atom stereocenters. The first kappa shape index (κ1) is 7.68. The molecule has 0 aliphatic heterocycles. The highest BCUT2D eigenvalue weighted by Crippen LogP contribution is 2.36.